The highest BCUT2D eigenvalue weighted by atomic mass is 32.2. The standard InChI is InChI=1S/C36H52N2O5S/c1-5-6-10-26-18-30(22-31(19-26)44(4,42)43)36(41)38-33(20-25-11-8-7-9-12-25)34(39)23-29(15-13-24(2)3)35(40)37-32-21-27-14-16-28(32)17-27/h7-9,11-12,18-19,22,24,27-29,32-34,39H,5-6,10,13-17,20-21,23H2,1-4H3,(H,37,40)(H,38,41)/t27?,28?,29-,32?,33+,34+/m1/s1. The zero-order valence-corrected chi connectivity index (χ0v) is 27.7. The van der Waals surface area contributed by atoms with E-state index in [1.54, 1.807) is 12.1 Å². The first-order chi connectivity index (χ1) is 20.9. The van der Waals surface area contributed by atoms with Crippen molar-refractivity contribution in [3.63, 3.8) is 0 Å². The maximum Gasteiger partial charge on any atom is 0.251 e. The molecule has 4 rings (SSSR count). The molecule has 7 nitrogen and oxygen atoms in total. The number of amides is 2. The summed E-state index contributed by atoms with van der Waals surface area (Å²) in [6, 6.07) is 14.0. The molecule has 3 unspecified atom stereocenters. The number of benzene rings is 2. The predicted octanol–water partition coefficient (Wildman–Crippen LogP) is 5.88. The van der Waals surface area contributed by atoms with Crippen LogP contribution in [0.25, 0.3) is 0 Å². The molecule has 2 bridgehead atoms. The van der Waals surface area contributed by atoms with E-state index in [2.05, 4.69) is 31.4 Å². The van der Waals surface area contributed by atoms with Crippen LogP contribution in [-0.2, 0) is 27.5 Å². The summed E-state index contributed by atoms with van der Waals surface area (Å²) in [5, 5.41) is 18.1. The Morgan fingerprint density at radius 1 is 1.00 bits per heavy atom. The van der Waals surface area contributed by atoms with Crippen LogP contribution in [0.2, 0.25) is 0 Å². The normalized spacial score (nSPS) is 21.6. The summed E-state index contributed by atoms with van der Waals surface area (Å²) in [6.07, 6.45) is 9.54. The fourth-order valence-electron chi connectivity index (χ4n) is 7.00. The molecule has 6 atom stereocenters. The van der Waals surface area contributed by atoms with Crippen molar-refractivity contribution in [2.45, 2.75) is 114 Å². The molecule has 2 amide bonds. The van der Waals surface area contributed by atoms with Gasteiger partial charge < -0.3 is 15.7 Å². The van der Waals surface area contributed by atoms with Crippen LogP contribution in [0, 0.1) is 23.7 Å². The van der Waals surface area contributed by atoms with Crippen LogP contribution in [0.15, 0.2) is 53.4 Å². The Hall–Kier alpha value is -2.71. The van der Waals surface area contributed by atoms with Crippen molar-refractivity contribution in [2.75, 3.05) is 6.26 Å². The second-order valence-corrected chi connectivity index (χ2v) is 15.8. The lowest BCUT2D eigenvalue weighted by molar-refractivity contribution is -0.127. The molecule has 2 fully saturated rings. The van der Waals surface area contributed by atoms with Crippen molar-refractivity contribution in [1.29, 1.82) is 0 Å². The summed E-state index contributed by atoms with van der Waals surface area (Å²) < 4.78 is 24.9. The van der Waals surface area contributed by atoms with E-state index in [0.29, 0.717) is 31.1 Å². The van der Waals surface area contributed by atoms with Gasteiger partial charge in [0.1, 0.15) is 0 Å². The Morgan fingerprint density at radius 3 is 2.36 bits per heavy atom. The first-order valence-corrected chi connectivity index (χ1v) is 18.5. The molecule has 0 aliphatic heterocycles. The van der Waals surface area contributed by atoms with Crippen LogP contribution in [0.5, 0.6) is 0 Å². The van der Waals surface area contributed by atoms with Gasteiger partial charge in [-0.2, -0.15) is 0 Å². The summed E-state index contributed by atoms with van der Waals surface area (Å²) in [5.41, 5.74) is 2.01. The van der Waals surface area contributed by atoms with Gasteiger partial charge in [0, 0.05) is 23.8 Å². The van der Waals surface area contributed by atoms with Crippen LogP contribution in [0.4, 0.5) is 0 Å². The number of aliphatic hydroxyl groups is 1. The Morgan fingerprint density at radius 2 is 1.75 bits per heavy atom. The number of carbonyl (C=O) groups is 2. The van der Waals surface area contributed by atoms with Gasteiger partial charge in [0.25, 0.3) is 5.91 Å². The molecule has 0 spiro atoms. The number of aryl methyl sites for hydroxylation is 1. The Balaban J connectivity index is 1.55. The van der Waals surface area contributed by atoms with Gasteiger partial charge in [-0.15, -0.1) is 0 Å². The van der Waals surface area contributed by atoms with Gasteiger partial charge >= 0.3 is 0 Å². The molecule has 2 aliphatic rings. The minimum Gasteiger partial charge on any atom is -0.391 e. The molecule has 0 aromatic heterocycles. The number of fused-ring (bicyclic) bond motifs is 2. The summed E-state index contributed by atoms with van der Waals surface area (Å²) in [4.78, 5) is 27.4. The third kappa shape index (κ3) is 9.64. The second kappa shape index (κ2) is 15.5. The van der Waals surface area contributed by atoms with Crippen LogP contribution in [0.3, 0.4) is 0 Å². The highest BCUT2D eigenvalue weighted by Crippen LogP contribution is 2.44. The zero-order chi connectivity index (χ0) is 31.9. The molecule has 2 aromatic carbocycles. The van der Waals surface area contributed by atoms with Crippen molar-refractivity contribution >= 4 is 21.7 Å². The lowest BCUT2D eigenvalue weighted by atomic mass is 9.87. The fraction of sp³-hybridized carbons (Fsp3) is 0.611. The molecule has 44 heavy (non-hydrogen) atoms. The molecule has 0 radical (unpaired) electrons. The van der Waals surface area contributed by atoms with Crippen molar-refractivity contribution in [2.24, 2.45) is 23.7 Å². The van der Waals surface area contributed by atoms with E-state index < -0.39 is 27.9 Å². The van der Waals surface area contributed by atoms with Gasteiger partial charge in [-0.3, -0.25) is 9.59 Å². The van der Waals surface area contributed by atoms with Crippen LogP contribution in [-0.4, -0.2) is 49.8 Å². The monoisotopic (exact) mass is 624 g/mol. The maximum atomic E-state index is 13.7. The Kier molecular flexibility index (Phi) is 12.1. The van der Waals surface area contributed by atoms with E-state index in [1.807, 2.05) is 30.3 Å². The molecular formula is C36H52N2O5S. The molecule has 0 heterocycles. The lowest BCUT2D eigenvalue weighted by Gasteiger charge is -2.30. The number of nitrogens with one attached hydrogen (secondary N) is 2. The molecular weight excluding hydrogens is 572 g/mol. The third-order valence-corrected chi connectivity index (χ3v) is 10.7. The number of hydrogen-bond acceptors (Lipinski definition) is 5. The zero-order valence-electron chi connectivity index (χ0n) is 26.9. The quantitative estimate of drug-likeness (QED) is 0.216. The van der Waals surface area contributed by atoms with E-state index in [4.69, 9.17) is 0 Å². The van der Waals surface area contributed by atoms with Crippen LogP contribution >= 0.6 is 0 Å². The minimum absolute atomic E-state index is 0.00783. The second-order valence-electron chi connectivity index (χ2n) is 13.8. The molecule has 2 aromatic rings. The number of aliphatic hydroxyl groups excluding tert-OH is 1. The predicted molar refractivity (Wildman–Crippen MR) is 175 cm³/mol. The number of rotatable bonds is 16. The molecule has 0 saturated heterocycles. The Labute approximate surface area is 264 Å². The summed E-state index contributed by atoms with van der Waals surface area (Å²) in [5.74, 6) is 0.922. The average Bonchev–Trinajstić information content (AvgIpc) is 3.61. The van der Waals surface area contributed by atoms with Gasteiger partial charge in [0.2, 0.25) is 5.91 Å². The number of carbonyl (C=O) groups excluding carboxylic acids is 2. The number of hydrogen-bond donors (Lipinski definition) is 3. The molecule has 3 N–H and O–H groups in total. The van der Waals surface area contributed by atoms with E-state index in [9.17, 15) is 23.1 Å². The van der Waals surface area contributed by atoms with E-state index in [0.717, 1.165) is 49.0 Å². The van der Waals surface area contributed by atoms with E-state index in [1.165, 1.54) is 25.3 Å². The van der Waals surface area contributed by atoms with E-state index in [-0.39, 0.29) is 34.7 Å². The largest absolute Gasteiger partial charge is 0.391 e. The Bertz CT molecular complexity index is 1360. The fourth-order valence-corrected chi connectivity index (χ4v) is 7.71. The highest BCUT2D eigenvalue weighted by Gasteiger charge is 2.41. The van der Waals surface area contributed by atoms with Gasteiger partial charge in [0.05, 0.1) is 17.0 Å². The van der Waals surface area contributed by atoms with Crippen LogP contribution < -0.4 is 10.6 Å². The van der Waals surface area contributed by atoms with Gasteiger partial charge in [-0.05, 0) is 98.4 Å². The van der Waals surface area contributed by atoms with Crippen molar-refractivity contribution in [3.8, 4) is 0 Å². The lowest BCUT2D eigenvalue weighted by Crippen LogP contribution is -2.48. The van der Waals surface area contributed by atoms with Gasteiger partial charge in [-0.25, -0.2) is 8.42 Å². The van der Waals surface area contributed by atoms with Crippen molar-refractivity contribution in [3.05, 3.63) is 65.2 Å². The van der Waals surface area contributed by atoms with Crippen molar-refractivity contribution < 1.29 is 23.1 Å². The average molecular weight is 625 g/mol. The number of sulfone groups is 1. The molecule has 242 valence electrons. The van der Waals surface area contributed by atoms with Gasteiger partial charge in [-0.1, -0.05) is 70.4 Å². The smallest absolute Gasteiger partial charge is 0.251 e. The number of unbranched alkanes of at least 4 members (excludes halogenated alkanes) is 1. The molecule has 2 saturated carbocycles. The van der Waals surface area contributed by atoms with Gasteiger partial charge in [0.15, 0.2) is 9.84 Å². The SMILES string of the molecule is CCCCc1cc(C(=O)N[C@@H](Cc2ccccc2)[C@@H](O)C[C@@H](CCC(C)C)C(=O)NC2CC3CCC2C3)cc(S(C)(=O)=O)c1. The molecule has 2 aliphatic carbocycles. The maximum absolute atomic E-state index is 13.7. The summed E-state index contributed by atoms with van der Waals surface area (Å²) >= 11 is 0. The summed E-state index contributed by atoms with van der Waals surface area (Å²) in [7, 11) is -3.53. The minimum atomic E-state index is -3.53. The highest BCUT2D eigenvalue weighted by molar-refractivity contribution is 7.90. The first-order valence-electron chi connectivity index (χ1n) is 16.6. The van der Waals surface area contributed by atoms with Crippen molar-refractivity contribution in [1.82, 2.24) is 10.6 Å². The van der Waals surface area contributed by atoms with Crippen LogP contribution in [0.1, 0.15) is 100 Å². The third-order valence-electron chi connectivity index (χ3n) is 9.61. The summed E-state index contributed by atoms with van der Waals surface area (Å²) in [6.45, 7) is 6.34. The molecule has 8 heteroatoms. The first kappa shape index (κ1) is 34.2. The topological polar surface area (TPSA) is 113 Å². The van der Waals surface area contributed by atoms with E-state index >= 15 is 0 Å².